The Morgan fingerprint density at radius 2 is 2.00 bits per heavy atom. The molecule has 2 heterocycles. The van der Waals surface area contributed by atoms with Gasteiger partial charge in [-0.25, -0.2) is 4.98 Å². The number of anilines is 1. The van der Waals surface area contributed by atoms with E-state index in [1.807, 2.05) is 37.4 Å². The summed E-state index contributed by atoms with van der Waals surface area (Å²) >= 11 is 5.75. The highest BCUT2D eigenvalue weighted by atomic mass is 35.5. The van der Waals surface area contributed by atoms with Crippen LogP contribution in [0.15, 0.2) is 36.7 Å². The number of hydrogen-bond donors (Lipinski definition) is 1. The van der Waals surface area contributed by atoms with Gasteiger partial charge < -0.3 is 5.32 Å². The van der Waals surface area contributed by atoms with E-state index >= 15 is 0 Å². The van der Waals surface area contributed by atoms with E-state index in [4.69, 9.17) is 11.6 Å². The normalized spacial score (nSPS) is 10.1. The van der Waals surface area contributed by atoms with Crippen LogP contribution in [0.4, 0.5) is 5.82 Å². The Labute approximate surface area is 99.5 Å². The minimum Gasteiger partial charge on any atom is -0.366 e. The molecule has 0 aliphatic heterocycles. The molecule has 82 valence electrons. The Bertz CT molecular complexity index is 405. The van der Waals surface area contributed by atoms with E-state index in [-0.39, 0.29) is 0 Å². The summed E-state index contributed by atoms with van der Waals surface area (Å²) in [7, 11) is 0. The van der Waals surface area contributed by atoms with E-state index < -0.39 is 0 Å². The van der Waals surface area contributed by atoms with Crippen molar-refractivity contribution in [3.05, 3.63) is 52.9 Å². The van der Waals surface area contributed by atoms with Crippen LogP contribution < -0.4 is 5.32 Å². The number of hydrogen-bond acceptors (Lipinski definition) is 3. The van der Waals surface area contributed by atoms with Gasteiger partial charge in [-0.3, -0.25) is 4.98 Å². The van der Waals surface area contributed by atoms with Crippen LogP contribution in [0.25, 0.3) is 0 Å². The molecule has 16 heavy (non-hydrogen) atoms. The fourth-order valence-corrected chi connectivity index (χ4v) is 1.39. The van der Waals surface area contributed by atoms with Crippen LogP contribution in [0.3, 0.4) is 0 Å². The molecule has 0 spiro atoms. The predicted molar refractivity (Wildman–Crippen MR) is 65.5 cm³/mol. The topological polar surface area (TPSA) is 37.8 Å². The molecule has 0 atom stereocenters. The first-order chi connectivity index (χ1) is 7.74. The van der Waals surface area contributed by atoms with Crippen molar-refractivity contribution in [2.45, 2.75) is 13.5 Å². The summed E-state index contributed by atoms with van der Waals surface area (Å²) in [6, 6.07) is 7.70. The third-order valence-electron chi connectivity index (χ3n) is 2.17. The first kappa shape index (κ1) is 10.9. The highest BCUT2D eigenvalue weighted by molar-refractivity contribution is 6.30. The molecule has 3 nitrogen and oxygen atoms in total. The lowest BCUT2D eigenvalue weighted by molar-refractivity contribution is 1.07. The fraction of sp³-hybridized carbons (Fsp3) is 0.167. The Kier molecular flexibility index (Phi) is 3.37. The zero-order chi connectivity index (χ0) is 11.4. The van der Waals surface area contributed by atoms with Crippen molar-refractivity contribution in [1.29, 1.82) is 0 Å². The van der Waals surface area contributed by atoms with Gasteiger partial charge in [-0.15, -0.1) is 0 Å². The molecule has 0 aliphatic carbocycles. The number of pyridine rings is 2. The monoisotopic (exact) mass is 233 g/mol. The van der Waals surface area contributed by atoms with Crippen molar-refractivity contribution in [1.82, 2.24) is 9.97 Å². The van der Waals surface area contributed by atoms with Gasteiger partial charge in [0.05, 0.1) is 5.02 Å². The van der Waals surface area contributed by atoms with E-state index in [2.05, 4.69) is 15.3 Å². The van der Waals surface area contributed by atoms with Gasteiger partial charge in [-0.1, -0.05) is 17.7 Å². The lowest BCUT2D eigenvalue weighted by Gasteiger charge is -2.05. The van der Waals surface area contributed by atoms with Crippen LogP contribution in [0.5, 0.6) is 0 Å². The lowest BCUT2D eigenvalue weighted by atomic mass is 10.2. The number of halogens is 1. The summed E-state index contributed by atoms with van der Waals surface area (Å²) in [5.41, 5.74) is 2.15. The molecule has 0 saturated heterocycles. The fourth-order valence-electron chi connectivity index (χ4n) is 1.28. The lowest BCUT2D eigenvalue weighted by Crippen LogP contribution is -2.01. The van der Waals surface area contributed by atoms with Crippen LogP contribution >= 0.6 is 11.6 Å². The predicted octanol–water partition coefficient (Wildman–Crippen LogP) is 3.05. The SMILES string of the molecule is Cc1ccc(CNc2ccc(Cl)cn2)cn1. The van der Waals surface area contributed by atoms with Crippen molar-refractivity contribution in [3.8, 4) is 0 Å². The third kappa shape index (κ3) is 2.94. The van der Waals surface area contributed by atoms with Gasteiger partial charge in [-0.05, 0) is 30.7 Å². The average Bonchev–Trinajstić information content (AvgIpc) is 2.30. The molecular weight excluding hydrogens is 222 g/mol. The molecule has 0 radical (unpaired) electrons. The molecule has 0 fully saturated rings. The van der Waals surface area contributed by atoms with Crippen LogP contribution in [-0.4, -0.2) is 9.97 Å². The van der Waals surface area contributed by atoms with Crippen molar-refractivity contribution >= 4 is 17.4 Å². The van der Waals surface area contributed by atoms with Crippen molar-refractivity contribution in [3.63, 3.8) is 0 Å². The Balaban J connectivity index is 1.97. The van der Waals surface area contributed by atoms with Gasteiger partial charge in [0.25, 0.3) is 0 Å². The maximum atomic E-state index is 5.75. The quantitative estimate of drug-likeness (QED) is 0.886. The molecule has 0 amide bonds. The summed E-state index contributed by atoms with van der Waals surface area (Å²) in [5.74, 6) is 0.810. The van der Waals surface area contributed by atoms with Crippen LogP contribution in [-0.2, 0) is 6.54 Å². The highest BCUT2D eigenvalue weighted by Crippen LogP contribution is 2.10. The van der Waals surface area contributed by atoms with Gasteiger partial charge in [-0.2, -0.15) is 0 Å². The molecule has 0 aromatic carbocycles. The Morgan fingerprint density at radius 1 is 1.12 bits per heavy atom. The van der Waals surface area contributed by atoms with E-state index in [1.165, 1.54) is 0 Å². The minimum atomic E-state index is 0.641. The molecule has 2 aromatic heterocycles. The average molecular weight is 234 g/mol. The summed E-state index contributed by atoms with van der Waals surface area (Å²) < 4.78 is 0. The van der Waals surface area contributed by atoms with Crippen molar-refractivity contribution in [2.24, 2.45) is 0 Å². The maximum Gasteiger partial charge on any atom is 0.126 e. The molecule has 1 N–H and O–H groups in total. The second-order valence-electron chi connectivity index (χ2n) is 3.52. The van der Waals surface area contributed by atoms with Crippen LogP contribution in [0.2, 0.25) is 5.02 Å². The van der Waals surface area contributed by atoms with Crippen LogP contribution in [0.1, 0.15) is 11.3 Å². The summed E-state index contributed by atoms with van der Waals surface area (Å²) in [6.07, 6.45) is 3.48. The van der Waals surface area contributed by atoms with Crippen molar-refractivity contribution in [2.75, 3.05) is 5.32 Å². The Hall–Kier alpha value is -1.61. The molecule has 4 heteroatoms. The smallest absolute Gasteiger partial charge is 0.126 e. The number of aryl methyl sites for hydroxylation is 1. The molecule has 0 aliphatic rings. The van der Waals surface area contributed by atoms with Gasteiger partial charge in [0, 0.05) is 24.6 Å². The molecule has 0 bridgehead atoms. The maximum absolute atomic E-state index is 5.75. The number of nitrogens with one attached hydrogen (secondary N) is 1. The van der Waals surface area contributed by atoms with Gasteiger partial charge in [0.15, 0.2) is 0 Å². The molecule has 2 aromatic rings. The second-order valence-corrected chi connectivity index (χ2v) is 3.96. The zero-order valence-electron chi connectivity index (χ0n) is 8.94. The number of rotatable bonds is 3. The number of nitrogens with zero attached hydrogens (tertiary/aromatic N) is 2. The first-order valence-corrected chi connectivity index (χ1v) is 5.39. The number of aromatic nitrogens is 2. The second kappa shape index (κ2) is 4.94. The van der Waals surface area contributed by atoms with Gasteiger partial charge in [0.1, 0.15) is 5.82 Å². The van der Waals surface area contributed by atoms with Crippen molar-refractivity contribution < 1.29 is 0 Å². The minimum absolute atomic E-state index is 0.641. The van der Waals surface area contributed by atoms with E-state index in [0.29, 0.717) is 11.6 Å². The van der Waals surface area contributed by atoms with Crippen LogP contribution in [0, 0.1) is 6.92 Å². The van der Waals surface area contributed by atoms with E-state index in [1.54, 1.807) is 6.20 Å². The molecule has 0 unspecified atom stereocenters. The standard InChI is InChI=1S/C12H12ClN3/c1-9-2-3-10(6-14-9)7-15-12-5-4-11(13)8-16-12/h2-6,8H,7H2,1H3,(H,15,16). The highest BCUT2D eigenvalue weighted by Gasteiger charge is 1.95. The first-order valence-electron chi connectivity index (χ1n) is 5.01. The van der Waals surface area contributed by atoms with Gasteiger partial charge >= 0.3 is 0 Å². The van der Waals surface area contributed by atoms with E-state index in [0.717, 1.165) is 17.1 Å². The largest absolute Gasteiger partial charge is 0.366 e. The third-order valence-corrected chi connectivity index (χ3v) is 2.40. The van der Waals surface area contributed by atoms with Gasteiger partial charge in [0.2, 0.25) is 0 Å². The summed E-state index contributed by atoms with van der Waals surface area (Å²) in [4.78, 5) is 8.37. The Morgan fingerprint density at radius 3 is 2.62 bits per heavy atom. The van der Waals surface area contributed by atoms with E-state index in [9.17, 15) is 0 Å². The summed E-state index contributed by atoms with van der Waals surface area (Å²) in [6.45, 7) is 2.68. The summed E-state index contributed by atoms with van der Waals surface area (Å²) in [5, 5.41) is 3.84. The molecule has 2 rings (SSSR count). The molecule has 0 saturated carbocycles. The zero-order valence-corrected chi connectivity index (χ0v) is 9.70. The molecular formula is C12H12ClN3.